The van der Waals surface area contributed by atoms with E-state index in [2.05, 4.69) is 26.1 Å². The smallest absolute Gasteiger partial charge is 0.0624 e. The Balaban J connectivity index is 2.50. The fourth-order valence-electron chi connectivity index (χ4n) is 2.77. The van der Waals surface area contributed by atoms with Crippen molar-refractivity contribution in [2.45, 2.75) is 65.3 Å². The molecule has 1 fully saturated rings. The Morgan fingerprint density at radius 1 is 1.19 bits per heavy atom. The van der Waals surface area contributed by atoms with E-state index < -0.39 is 0 Å². The van der Waals surface area contributed by atoms with Crippen molar-refractivity contribution in [3.8, 4) is 0 Å². The molecule has 0 spiro atoms. The third kappa shape index (κ3) is 4.06. The quantitative estimate of drug-likeness (QED) is 0.720. The lowest BCUT2D eigenvalue weighted by Crippen LogP contribution is -2.48. The van der Waals surface area contributed by atoms with Crippen LogP contribution in [0.15, 0.2) is 0 Å². The molecule has 1 unspecified atom stereocenters. The highest BCUT2D eigenvalue weighted by atomic mass is 16.5. The van der Waals surface area contributed by atoms with Gasteiger partial charge in [0.15, 0.2) is 0 Å². The van der Waals surface area contributed by atoms with Crippen LogP contribution in [-0.2, 0) is 4.74 Å². The summed E-state index contributed by atoms with van der Waals surface area (Å²) in [7, 11) is 0. The summed E-state index contributed by atoms with van der Waals surface area (Å²) in [6.07, 6.45) is 8.15. The number of rotatable bonds is 7. The van der Waals surface area contributed by atoms with Gasteiger partial charge in [-0.25, -0.2) is 0 Å². The van der Waals surface area contributed by atoms with Crippen LogP contribution in [0.25, 0.3) is 0 Å². The van der Waals surface area contributed by atoms with Gasteiger partial charge in [0, 0.05) is 12.6 Å². The van der Waals surface area contributed by atoms with Crippen LogP contribution in [0.5, 0.6) is 0 Å². The number of nitrogens with one attached hydrogen (secondary N) is 1. The Bertz CT molecular complexity index is 168. The molecule has 0 radical (unpaired) electrons. The summed E-state index contributed by atoms with van der Waals surface area (Å²) < 4.78 is 5.65. The molecule has 0 heterocycles. The molecule has 1 rings (SSSR count). The van der Waals surface area contributed by atoms with Crippen LogP contribution in [0.2, 0.25) is 0 Å². The first-order valence-electron chi connectivity index (χ1n) is 7.04. The molecule has 1 saturated carbocycles. The molecule has 0 saturated heterocycles. The van der Waals surface area contributed by atoms with Gasteiger partial charge < -0.3 is 10.1 Å². The first kappa shape index (κ1) is 14.0. The largest absolute Gasteiger partial charge is 0.380 e. The molecular weight excluding hydrogens is 198 g/mol. The molecule has 1 N–H and O–H groups in total. The van der Waals surface area contributed by atoms with Crippen molar-refractivity contribution in [2.24, 2.45) is 5.41 Å². The molecule has 0 aromatic heterocycles. The maximum atomic E-state index is 5.65. The van der Waals surface area contributed by atoms with E-state index in [1.165, 1.54) is 38.5 Å². The fourth-order valence-corrected chi connectivity index (χ4v) is 2.77. The zero-order valence-electron chi connectivity index (χ0n) is 11.3. The van der Waals surface area contributed by atoms with Gasteiger partial charge in [-0.05, 0) is 38.1 Å². The molecule has 0 amide bonds. The molecule has 1 aliphatic rings. The Morgan fingerprint density at radius 2 is 1.88 bits per heavy atom. The van der Waals surface area contributed by atoms with Crippen LogP contribution in [-0.4, -0.2) is 25.8 Å². The Kier molecular flexibility index (Phi) is 6.37. The summed E-state index contributed by atoms with van der Waals surface area (Å²) in [5, 5.41) is 3.69. The Morgan fingerprint density at radius 3 is 2.44 bits per heavy atom. The standard InChI is InChI=1S/C14H29NO/c1-4-11-15-13(12-16-5-2)14(3)9-7-6-8-10-14/h13,15H,4-12H2,1-3H3. The fraction of sp³-hybridized carbons (Fsp3) is 1.00. The molecule has 0 bridgehead atoms. The lowest BCUT2D eigenvalue weighted by molar-refractivity contribution is 0.0502. The molecule has 96 valence electrons. The second-order valence-corrected chi connectivity index (χ2v) is 5.38. The SMILES string of the molecule is CCCNC(COCC)C1(C)CCCCC1. The van der Waals surface area contributed by atoms with E-state index in [9.17, 15) is 0 Å². The van der Waals surface area contributed by atoms with Gasteiger partial charge in [0.05, 0.1) is 6.61 Å². The maximum Gasteiger partial charge on any atom is 0.0624 e. The highest BCUT2D eigenvalue weighted by Gasteiger charge is 2.34. The van der Waals surface area contributed by atoms with Gasteiger partial charge in [-0.2, -0.15) is 0 Å². The summed E-state index contributed by atoms with van der Waals surface area (Å²) in [5.74, 6) is 0. The van der Waals surface area contributed by atoms with E-state index >= 15 is 0 Å². The minimum Gasteiger partial charge on any atom is -0.380 e. The van der Waals surface area contributed by atoms with Gasteiger partial charge >= 0.3 is 0 Å². The summed E-state index contributed by atoms with van der Waals surface area (Å²) in [6.45, 7) is 9.59. The van der Waals surface area contributed by atoms with E-state index in [1.807, 2.05) is 0 Å². The molecule has 0 aromatic carbocycles. The molecule has 1 atom stereocenters. The lowest BCUT2D eigenvalue weighted by atomic mass is 9.70. The lowest BCUT2D eigenvalue weighted by Gasteiger charge is -2.41. The topological polar surface area (TPSA) is 21.3 Å². The van der Waals surface area contributed by atoms with Crippen molar-refractivity contribution >= 4 is 0 Å². The van der Waals surface area contributed by atoms with Gasteiger partial charge in [-0.15, -0.1) is 0 Å². The van der Waals surface area contributed by atoms with Crippen LogP contribution in [0.3, 0.4) is 0 Å². The van der Waals surface area contributed by atoms with Crippen LogP contribution in [0, 0.1) is 5.41 Å². The first-order chi connectivity index (χ1) is 7.73. The monoisotopic (exact) mass is 227 g/mol. The van der Waals surface area contributed by atoms with Crippen molar-refractivity contribution < 1.29 is 4.74 Å². The Hall–Kier alpha value is -0.0800. The van der Waals surface area contributed by atoms with Crippen molar-refractivity contribution in [1.82, 2.24) is 5.32 Å². The average molecular weight is 227 g/mol. The summed E-state index contributed by atoms with van der Waals surface area (Å²) in [4.78, 5) is 0. The maximum absolute atomic E-state index is 5.65. The van der Waals surface area contributed by atoms with Gasteiger partial charge in [0.1, 0.15) is 0 Å². The zero-order chi connectivity index (χ0) is 11.9. The van der Waals surface area contributed by atoms with Crippen molar-refractivity contribution in [1.29, 1.82) is 0 Å². The van der Waals surface area contributed by atoms with E-state index in [4.69, 9.17) is 4.74 Å². The van der Waals surface area contributed by atoms with E-state index in [0.717, 1.165) is 19.8 Å². The third-order valence-corrected chi connectivity index (χ3v) is 3.97. The first-order valence-corrected chi connectivity index (χ1v) is 7.04. The van der Waals surface area contributed by atoms with Crippen molar-refractivity contribution in [3.63, 3.8) is 0 Å². The number of ether oxygens (including phenoxy) is 1. The summed E-state index contributed by atoms with van der Waals surface area (Å²) in [6, 6.07) is 0.549. The molecule has 16 heavy (non-hydrogen) atoms. The van der Waals surface area contributed by atoms with Gasteiger partial charge in [0.25, 0.3) is 0 Å². The average Bonchev–Trinajstić information content (AvgIpc) is 2.30. The number of hydrogen-bond donors (Lipinski definition) is 1. The third-order valence-electron chi connectivity index (χ3n) is 3.97. The van der Waals surface area contributed by atoms with Crippen molar-refractivity contribution in [3.05, 3.63) is 0 Å². The van der Waals surface area contributed by atoms with Crippen LogP contribution < -0.4 is 5.32 Å². The zero-order valence-corrected chi connectivity index (χ0v) is 11.3. The van der Waals surface area contributed by atoms with E-state index in [0.29, 0.717) is 11.5 Å². The predicted octanol–water partition coefficient (Wildman–Crippen LogP) is 3.36. The predicted molar refractivity (Wildman–Crippen MR) is 69.8 cm³/mol. The summed E-state index contributed by atoms with van der Waals surface area (Å²) >= 11 is 0. The van der Waals surface area contributed by atoms with Gasteiger partial charge in [0.2, 0.25) is 0 Å². The second-order valence-electron chi connectivity index (χ2n) is 5.38. The molecule has 0 aliphatic heterocycles. The van der Waals surface area contributed by atoms with Crippen LogP contribution >= 0.6 is 0 Å². The van der Waals surface area contributed by atoms with Crippen LogP contribution in [0.1, 0.15) is 59.3 Å². The van der Waals surface area contributed by atoms with Crippen LogP contribution in [0.4, 0.5) is 0 Å². The Labute approximate surface area is 101 Å². The minimum atomic E-state index is 0.461. The number of hydrogen-bond acceptors (Lipinski definition) is 2. The van der Waals surface area contributed by atoms with Gasteiger partial charge in [-0.3, -0.25) is 0 Å². The second kappa shape index (κ2) is 7.29. The highest BCUT2D eigenvalue weighted by molar-refractivity contribution is 4.89. The summed E-state index contributed by atoms with van der Waals surface area (Å²) in [5.41, 5.74) is 0.461. The van der Waals surface area contributed by atoms with Crippen molar-refractivity contribution in [2.75, 3.05) is 19.8 Å². The minimum absolute atomic E-state index is 0.461. The molecular formula is C14H29NO. The molecule has 2 nitrogen and oxygen atoms in total. The molecule has 0 aromatic rings. The molecule has 2 heteroatoms. The molecule has 1 aliphatic carbocycles. The van der Waals surface area contributed by atoms with E-state index in [-0.39, 0.29) is 0 Å². The highest BCUT2D eigenvalue weighted by Crippen LogP contribution is 2.38. The normalized spacial score (nSPS) is 21.9. The van der Waals surface area contributed by atoms with E-state index in [1.54, 1.807) is 0 Å². The van der Waals surface area contributed by atoms with Gasteiger partial charge in [-0.1, -0.05) is 33.1 Å².